The second-order valence-corrected chi connectivity index (χ2v) is 7.11. The molecular weight excluding hydrogens is 453 g/mol. The molecule has 2 aromatic rings. The summed E-state index contributed by atoms with van der Waals surface area (Å²) in [6.45, 7) is 1.99. The Morgan fingerprint density at radius 3 is 2.30 bits per heavy atom. The third-order valence-electron chi connectivity index (χ3n) is 4.23. The first kappa shape index (κ1) is 23.7. The smallest absolute Gasteiger partial charge is 0.338 e. The maximum absolute atomic E-state index is 13.3. The van der Waals surface area contributed by atoms with Crippen LogP contribution >= 0.6 is 23.2 Å². The molecule has 0 spiro atoms. The molecule has 2 N–H and O–H groups in total. The summed E-state index contributed by atoms with van der Waals surface area (Å²) in [5.41, 5.74) is -0.419. The van der Waals surface area contributed by atoms with Crippen molar-refractivity contribution in [3.05, 3.63) is 51.0 Å². The predicted molar refractivity (Wildman–Crippen MR) is 103 cm³/mol. The van der Waals surface area contributed by atoms with Gasteiger partial charge in [-0.05, 0) is 37.6 Å². The van der Waals surface area contributed by atoms with E-state index in [-0.39, 0.29) is 32.7 Å². The van der Waals surface area contributed by atoms with Gasteiger partial charge in [0.2, 0.25) is 0 Å². The van der Waals surface area contributed by atoms with E-state index in [0.29, 0.717) is 6.92 Å². The van der Waals surface area contributed by atoms with E-state index in [4.69, 9.17) is 23.2 Å². The fraction of sp³-hybridized carbons (Fsp3) is 0.278. The third-order valence-corrected chi connectivity index (χ3v) is 4.96. The second kappa shape index (κ2) is 8.65. The zero-order chi connectivity index (χ0) is 23.0. The molecule has 2 rings (SSSR count). The van der Waals surface area contributed by atoms with Crippen LogP contribution in [0.25, 0.3) is 0 Å². The average Bonchev–Trinajstić information content (AvgIpc) is 2.85. The van der Waals surface area contributed by atoms with E-state index >= 15 is 0 Å². The van der Waals surface area contributed by atoms with Crippen molar-refractivity contribution < 1.29 is 31.9 Å². The number of Topliss-reactive ketones (excluding diaryl/α,β-unsaturated/α-hetero) is 1. The van der Waals surface area contributed by atoms with Crippen LogP contribution in [0.4, 0.5) is 23.2 Å². The second-order valence-electron chi connectivity index (χ2n) is 6.35. The minimum absolute atomic E-state index is 0.0204. The first-order valence-corrected chi connectivity index (χ1v) is 9.04. The van der Waals surface area contributed by atoms with Crippen molar-refractivity contribution in [1.29, 1.82) is 0 Å². The number of carbonyl (C=O) groups excluding carboxylic acids is 3. The van der Waals surface area contributed by atoms with Crippen LogP contribution in [0.2, 0.25) is 10.2 Å². The summed E-state index contributed by atoms with van der Waals surface area (Å²) in [7, 11) is 1.27. The highest BCUT2D eigenvalue weighted by atomic mass is 35.5. The van der Waals surface area contributed by atoms with E-state index in [1.165, 1.54) is 20.0 Å². The summed E-state index contributed by atoms with van der Waals surface area (Å²) >= 11 is 11.8. The number of carbonyl (C=O) groups is 3. The molecule has 162 valence electrons. The highest BCUT2D eigenvalue weighted by molar-refractivity contribution is 6.44. The number of hydrogen-bond acceptors (Lipinski definition) is 3. The maximum Gasteiger partial charge on any atom is 0.408 e. The topological polar surface area (TPSA) is 80.2 Å². The SMILES string of the molecule is Cc1c(C(=O)Nc2ccc(F)c(Cl)c2)c(Cl)n(C)c1C(=O)C(=O)N[C@@H](C)C(F)(F)F. The van der Waals surface area contributed by atoms with Gasteiger partial charge in [0.15, 0.2) is 0 Å². The van der Waals surface area contributed by atoms with Gasteiger partial charge in [-0.25, -0.2) is 4.39 Å². The van der Waals surface area contributed by atoms with Gasteiger partial charge in [-0.1, -0.05) is 23.2 Å². The zero-order valence-corrected chi connectivity index (χ0v) is 17.3. The molecule has 0 unspecified atom stereocenters. The quantitative estimate of drug-likeness (QED) is 0.391. The molecule has 0 radical (unpaired) electrons. The third kappa shape index (κ3) is 4.76. The molecule has 30 heavy (non-hydrogen) atoms. The molecule has 0 saturated carbocycles. The largest absolute Gasteiger partial charge is 0.408 e. The predicted octanol–water partition coefficient (Wildman–Crippen LogP) is 4.28. The number of nitrogens with one attached hydrogen (secondary N) is 2. The Morgan fingerprint density at radius 1 is 1.17 bits per heavy atom. The normalized spacial score (nSPS) is 12.4. The molecule has 12 heteroatoms. The molecule has 1 aromatic heterocycles. The van der Waals surface area contributed by atoms with Gasteiger partial charge in [-0.15, -0.1) is 0 Å². The van der Waals surface area contributed by atoms with E-state index in [1.807, 2.05) is 0 Å². The molecule has 2 amide bonds. The van der Waals surface area contributed by atoms with Gasteiger partial charge in [0.05, 0.1) is 16.3 Å². The van der Waals surface area contributed by atoms with Crippen LogP contribution in [0.1, 0.15) is 33.3 Å². The van der Waals surface area contributed by atoms with E-state index in [1.54, 1.807) is 5.32 Å². The average molecular weight is 468 g/mol. The van der Waals surface area contributed by atoms with E-state index in [9.17, 15) is 31.9 Å². The fourth-order valence-electron chi connectivity index (χ4n) is 2.60. The van der Waals surface area contributed by atoms with Gasteiger partial charge in [0.25, 0.3) is 17.6 Å². The molecular formula is C18H15Cl2F4N3O3. The van der Waals surface area contributed by atoms with Crippen LogP contribution in [-0.4, -0.2) is 34.4 Å². The Bertz CT molecular complexity index is 1030. The molecule has 1 atom stereocenters. The van der Waals surface area contributed by atoms with Crippen LogP contribution in [0.15, 0.2) is 18.2 Å². The lowest BCUT2D eigenvalue weighted by Gasteiger charge is -2.16. The first-order chi connectivity index (χ1) is 13.8. The van der Waals surface area contributed by atoms with Crippen molar-refractivity contribution in [2.45, 2.75) is 26.1 Å². The summed E-state index contributed by atoms with van der Waals surface area (Å²) in [6.07, 6.45) is -4.74. The van der Waals surface area contributed by atoms with Crippen molar-refractivity contribution in [3.8, 4) is 0 Å². The van der Waals surface area contributed by atoms with Gasteiger partial charge in [0, 0.05) is 12.7 Å². The molecule has 0 aliphatic rings. The summed E-state index contributed by atoms with van der Waals surface area (Å²) < 4.78 is 52.2. The summed E-state index contributed by atoms with van der Waals surface area (Å²) in [5.74, 6) is -4.29. The molecule has 0 aliphatic carbocycles. The molecule has 1 heterocycles. The Balaban J connectivity index is 2.33. The summed E-state index contributed by atoms with van der Waals surface area (Å²) in [5, 5.41) is 3.52. The lowest BCUT2D eigenvalue weighted by atomic mass is 10.1. The van der Waals surface area contributed by atoms with E-state index in [0.717, 1.165) is 16.7 Å². The number of hydrogen-bond donors (Lipinski definition) is 2. The summed E-state index contributed by atoms with van der Waals surface area (Å²) in [6, 6.07) is 1.16. The van der Waals surface area contributed by atoms with Crippen LogP contribution in [-0.2, 0) is 11.8 Å². The van der Waals surface area contributed by atoms with Crippen LogP contribution < -0.4 is 10.6 Å². The van der Waals surface area contributed by atoms with Gasteiger partial charge in [-0.2, -0.15) is 13.2 Å². The number of halogens is 6. The molecule has 0 aliphatic heterocycles. The highest BCUT2D eigenvalue weighted by Gasteiger charge is 2.39. The van der Waals surface area contributed by atoms with Crippen LogP contribution in [0.5, 0.6) is 0 Å². The van der Waals surface area contributed by atoms with Crippen LogP contribution in [0, 0.1) is 12.7 Å². The molecule has 0 saturated heterocycles. The maximum atomic E-state index is 13.3. The highest BCUT2D eigenvalue weighted by Crippen LogP contribution is 2.28. The lowest BCUT2D eigenvalue weighted by Crippen LogP contribution is -2.46. The van der Waals surface area contributed by atoms with E-state index < -0.39 is 35.6 Å². The van der Waals surface area contributed by atoms with Gasteiger partial charge in [-0.3, -0.25) is 14.4 Å². The summed E-state index contributed by atoms with van der Waals surface area (Å²) in [4.78, 5) is 37.0. The monoisotopic (exact) mass is 467 g/mol. The number of benzene rings is 1. The Labute approximate surface area is 178 Å². The van der Waals surface area contributed by atoms with Crippen molar-refractivity contribution in [1.82, 2.24) is 9.88 Å². The standard InChI is InChI=1S/C18H15Cl2F4N3O3/c1-7-12(16(29)26-9-4-5-11(21)10(19)6-9)15(20)27(3)13(7)14(28)17(30)25-8(2)18(22,23)24/h4-6,8H,1-3H3,(H,25,30)(H,26,29)/t8-/m0/s1. The number of aromatic nitrogens is 1. The number of nitrogens with zero attached hydrogens (tertiary/aromatic N) is 1. The Kier molecular flexibility index (Phi) is 6.83. The number of ketones is 1. The lowest BCUT2D eigenvalue weighted by molar-refractivity contribution is -0.156. The first-order valence-electron chi connectivity index (χ1n) is 8.28. The number of anilines is 1. The molecule has 0 fully saturated rings. The number of alkyl halides is 3. The Hall–Kier alpha value is -2.59. The number of amides is 2. The molecule has 1 aromatic carbocycles. The number of rotatable bonds is 5. The van der Waals surface area contributed by atoms with Crippen molar-refractivity contribution in [2.75, 3.05) is 5.32 Å². The van der Waals surface area contributed by atoms with Crippen LogP contribution in [0.3, 0.4) is 0 Å². The minimum atomic E-state index is -4.74. The fourth-order valence-corrected chi connectivity index (χ4v) is 3.09. The van der Waals surface area contributed by atoms with Gasteiger partial charge < -0.3 is 15.2 Å². The molecule has 6 nitrogen and oxygen atoms in total. The Morgan fingerprint density at radius 2 is 1.77 bits per heavy atom. The van der Waals surface area contributed by atoms with E-state index in [2.05, 4.69) is 5.32 Å². The molecule has 0 bridgehead atoms. The van der Waals surface area contributed by atoms with Crippen molar-refractivity contribution in [3.63, 3.8) is 0 Å². The van der Waals surface area contributed by atoms with Crippen molar-refractivity contribution >= 4 is 46.5 Å². The van der Waals surface area contributed by atoms with Gasteiger partial charge >= 0.3 is 6.18 Å². The van der Waals surface area contributed by atoms with Crippen molar-refractivity contribution in [2.24, 2.45) is 7.05 Å². The zero-order valence-electron chi connectivity index (χ0n) is 15.7. The van der Waals surface area contributed by atoms with Gasteiger partial charge in [0.1, 0.15) is 17.0 Å². The minimum Gasteiger partial charge on any atom is -0.338 e.